The monoisotopic (exact) mass is 566 g/mol. The van der Waals surface area contributed by atoms with Gasteiger partial charge in [0.2, 0.25) is 0 Å². The van der Waals surface area contributed by atoms with Gasteiger partial charge in [-0.1, -0.05) is 68.0 Å². The highest BCUT2D eigenvalue weighted by Crippen LogP contribution is 2.43. The molecule has 0 fully saturated rings. The summed E-state index contributed by atoms with van der Waals surface area (Å²) in [5.41, 5.74) is 2.31. The van der Waals surface area contributed by atoms with E-state index in [2.05, 4.69) is 9.79 Å². The molecule has 210 valence electrons. The second kappa shape index (κ2) is 14.8. The van der Waals surface area contributed by atoms with Crippen LogP contribution in [0.15, 0.2) is 47.4 Å². The lowest BCUT2D eigenvalue weighted by Crippen LogP contribution is -2.32. The average Bonchev–Trinajstić information content (AvgIpc) is 2.96. The third-order valence-corrected chi connectivity index (χ3v) is 9.17. The van der Waals surface area contributed by atoms with Gasteiger partial charge in [0, 0.05) is 18.5 Å². The zero-order chi connectivity index (χ0) is 27.5. The Kier molecular flexibility index (Phi) is 11.9. The van der Waals surface area contributed by atoms with E-state index in [4.69, 9.17) is 22.0 Å². The first-order valence-electron chi connectivity index (χ1n) is 13.4. The Labute approximate surface area is 231 Å². The van der Waals surface area contributed by atoms with Crippen molar-refractivity contribution in [2.75, 3.05) is 31.0 Å². The predicted molar refractivity (Wildman–Crippen MR) is 149 cm³/mol. The number of rotatable bonds is 16. The summed E-state index contributed by atoms with van der Waals surface area (Å²) in [6, 6.07) is 12.5. The molecule has 1 unspecified atom stereocenters. The number of fused-ring (bicyclic) bond motifs is 2. The van der Waals surface area contributed by atoms with Crippen LogP contribution in [0.25, 0.3) is 0 Å². The topological polar surface area (TPSA) is 107 Å². The highest BCUT2D eigenvalue weighted by Gasteiger charge is 2.37. The standard InChI is InChI=1S/C28H39ClN2O6S/c1-30-25-14-9-8-13-23(25)28(24-17-16-22(29)21-26(24)38(30,35)36)31(18-10-4-2-6-12-20-37-34)19-11-5-3-7-15-27(32)33/h8-9,13-14,16-17,21,28,34H,2-7,10-12,15,18-20H2,1H3,(H,32,33). The minimum atomic E-state index is -3.80. The van der Waals surface area contributed by atoms with Crippen molar-refractivity contribution in [1.29, 1.82) is 0 Å². The van der Waals surface area contributed by atoms with E-state index < -0.39 is 16.0 Å². The molecule has 2 aromatic carbocycles. The van der Waals surface area contributed by atoms with E-state index in [0.29, 0.717) is 23.7 Å². The molecule has 38 heavy (non-hydrogen) atoms. The van der Waals surface area contributed by atoms with E-state index in [9.17, 15) is 13.2 Å². The number of benzene rings is 2. The number of carboxylic acids is 1. The molecular weight excluding hydrogens is 528 g/mol. The molecule has 0 saturated carbocycles. The maximum absolute atomic E-state index is 13.7. The summed E-state index contributed by atoms with van der Waals surface area (Å²) in [5.74, 6) is -0.771. The molecular formula is C28H39ClN2O6S. The Morgan fingerprint density at radius 1 is 0.947 bits per heavy atom. The summed E-state index contributed by atoms with van der Waals surface area (Å²) < 4.78 is 28.7. The van der Waals surface area contributed by atoms with Gasteiger partial charge in [-0.2, -0.15) is 0 Å². The van der Waals surface area contributed by atoms with Crippen molar-refractivity contribution >= 4 is 33.3 Å². The fourth-order valence-electron chi connectivity index (χ4n) is 5.13. The Bertz CT molecular complexity index is 1160. The number of carboxylic acid groups (broad SMARTS) is 1. The number of nitrogens with zero attached hydrogens (tertiary/aromatic N) is 2. The average molecular weight is 567 g/mol. The highest BCUT2D eigenvalue weighted by atomic mass is 35.5. The third-order valence-electron chi connectivity index (χ3n) is 7.11. The number of anilines is 1. The first-order valence-corrected chi connectivity index (χ1v) is 15.2. The quantitative estimate of drug-likeness (QED) is 0.138. The molecule has 2 N–H and O–H groups in total. The normalized spacial score (nSPS) is 16.2. The van der Waals surface area contributed by atoms with Gasteiger partial charge in [0.15, 0.2) is 0 Å². The van der Waals surface area contributed by atoms with Crippen molar-refractivity contribution in [2.24, 2.45) is 0 Å². The molecule has 0 aromatic heterocycles. The van der Waals surface area contributed by atoms with Crippen LogP contribution in [0.1, 0.15) is 81.4 Å². The molecule has 0 bridgehead atoms. The van der Waals surface area contributed by atoms with Crippen molar-refractivity contribution in [1.82, 2.24) is 4.90 Å². The van der Waals surface area contributed by atoms with Crippen LogP contribution in [-0.4, -0.2) is 56.4 Å². The molecule has 1 aliphatic heterocycles. The molecule has 8 nitrogen and oxygen atoms in total. The maximum atomic E-state index is 13.7. The Morgan fingerprint density at radius 2 is 1.58 bits per heavy atom. The lowest BCUT2D eigenvalue weighted by molar-refractivity contribution is -0.242. The largest absolute Gasteiger partial charge is 0.481 e. The number of hydrogen-bond acceptors (Lipinski definition) is 6. The number of carbonyl (C=O) groups is 1. The van der Waals surface area contributed by atoms with Gasteiger partial charge in [-0.25, -0.2) is 13.3 Å². The van der Waals surface area contributed by atoms with Crippen LogP contribution in [0.5, 0.6) is 0 Å². The molecule has 2 aromatic rings. The van der Waals surface area contributed by atoms with Gasteiger partial charge in [-0.05, 0) is 68.1 Å². The van der Waals surface area contributed by atoms with E-state index in [1.807, 2.05) is 30.3 Å². The fraction of sp³-hybridized carbons (Fsp3) is 0.536. The van der Waals surface area contributed by atoms with Crippen LogP contribution in [0.2, 0.25) is 5.02 Å². The molecule has 10 heteroatoms. The fourth-order valence-corrected chi connectivity index (χ4v) is 6.84. The zero-order valence-electron chi connectivity index (χ0n) is 22.0. The van der Waals surface area contributed by atoms with E-state index in [0.717, 1.165) is 75.6 Å². The Balaban J connectivity index is 1.89. The Morgan fingerprint density at radius 3 is 2.26 bits per heavy atom. The second-order valence-corrected chi connectivity index (χ2v) is 12.2. The number of halogens is 1. The van der Waals surface area contributed by atoms with Gasteiger partial charge in [0.05, 0.1) is 23.2 Å². The minimum absolute atomic E-state index is 0.180. The van der Waals surface area contributed by atoms with Gasteiger partial charge in [-0.15, -0.1) is 0 Å². The van der Waals surface area contributed by atoms with Crippen LogP contribution in [0, 0.1) is 0 Å². The van der Waals surface area contributed by atoms with Crippen molar-refractivity contribution in [3.05, 3.63) is 58.6 Å². The number of hydrogen-bond donors (Lipinski definition) is 2. The first-order chi connectivity index (χ1) is 18.3. The van der Waals surface area contributed by atoms with E-state index in [1.54, 1.807) is 19.2 Å². The lowest BCUT2D eigenvalue weighted by atomic mass is 9.94. The van der Waals surface area contributed by atoms with Crippen molar-refractivity contribution in [3.63, 3.8) is 0 Å². The van der Waals surface area contributed by atoms with Crippen LogP contribution in [0.4, 0.5) is 5.69 Å². The summed E-state index contributed by atoms with van der Waals surface area (Å²) in [4.78, 5) is 17.6. The molecule has 1 aliphatic rings. The lowest BCUT2D eigenvalue weighted by Gasteiger charge is -2.33. The van der Waals surface area contributed by atoms with E-state index in [-0.39, 0.29) is 17.4 Å². The second-order valence-electron chi connectivity index (χ2n) is 9.81. The molecule has 0 spiro atoms. The summed E-state index contributed by atoms with van der Waals surface area (Å²) in [5, 5.41) is 17.8. The SMILES string of the molecule is CN1c2ccccc2C(N(CCCCCCCOO)CCCCCCC(=O)O)c2ccc(Cl)cc2S1(=O)=O. The molecule has 0 aliphatic carbocycles. The predicted octanol–water partition coefficient (Wildman–Crippen LogP) is 6.35. The molecule has 1 atom stereocenters. The van der Waals surface area contributed by atoms with Crippen LogP contribution >= 0.6 is 11.6 Å². The molecule has 1 heterocycles. The molecule has 0 radical (unpaired) electrons. The van der Waals surface area contributed by atoms with Gasteiger partial charge < -0.3 is 5.11 Å². The smallest absolute Gasteiger partial charge is 0.303 e. The number of sulfonamides is 1. The summed E-state index contributed by atoms with van der Waals surface area (Å²) in [7, 11) is -2.22. The minimum Gasteiger partial charge on any atom is -0.481 e. The molecule has 0 amide bonds. The number of para-hydroxylation sites is 1. The van der Waals surface area contributed by atoms with Crippen LogP contribution < -0.4 is 4.31 Å². The van der Waals surface area contributed by atoms with Gasteiger partial charge in [0.1, 0.15) is 0 Å². The van der Waals surface area contributed by atoms with Crippen molar-refractivity contribution in [3.8, 4) is 0 Å². The van der Waals surface area contributed by atoms with Gasteiger partial charge in [0.25, 0.3) is 10.0 Å². The summed E-state index contributed by atoms with van der Waals surface area (Å²) in [6.45, 7) is 1.89. The number of aliphatic carboxylic acids is 1. The van der Waals surface area contributed by atoms with Crippen LogP contribution in [-0.2, 0) is 19.7 Å². The van der Waals surface area contributed by atoms with E-state index >= 15 is 0 Å². The van der Waals surface area contributed by atoms with Crippen molar-refractivity contribution < 1.29 is 28.5 Å². The van der Waals surface area contributed by atoms with Crippen LogP contribution in [0.3, 0.4) is 0 Å². The summed E-state index contributed by atoms with van der Waals surface area (Å²) in [6.07, 6.45) is 8.25. The van der Waals surface area contributed by atoms with E-state index in [1.165, 1.54) is 4.31 Å². The maximum Gasteiger partial charge on any atom is 0.303 e. The number of unbranched alkanes of at least 4 members (excludes halogenated alkanes) is 7. The molecule has 0 saturated heterocycles. The van der Waals surface area contributed by atoms with Crippen molar-refractivity contribution in [2.45, 2.75) is 75.1 Å². The highest BCUT2D eigenvalue weighted by molar-refractivity contribution is 7.92. The first kappa shape index (κ1) is 30.4. The third kappa shape index (κ3) is 7.93. The summed E-state index contributed by atoms with van der Waals surface area (Å²) >= 11 is 6.29. The van der Waals surface area contributed by atoms with Gasteiger partial charge in [-0.3, -0.25) is 19.3 Å². The van der Waals surface area contributed by atoms with Gasteiger partial charge >= 0.3 is 5.97 Å². The Hall–Kier alpha value is -2.17. The molecule has 3 rings (SSSR count). The zero-order valence-corrected chi connectivity index (χ0v) is 23.6.